The standard InChI is InChI=1S/C16H18O2/c1-3-17-14-11-8-12-15(18-4-2)16(14)13-9-6-5-7-10-13/h5-12H,3-4H2,1-2H3. The lowest BCUT2D eigenvalue weighted by molar-refractivity contribution is 0.326. The van der Waals surface area contributed by atoms with Gasteiger partial charge in [0.1, 0.15) is 11.5 Å². The molecule has 2 nitrogen and oxygen atoms in total. The molecule has 18 heavy (non-hydrogen) atoms. The minimum Gasteiger partial charge on any atom is -0.493 e. The molecule has 0 aliphatic carbocycles. The minimum atomic E-state index is 0.648. The first-order valence-electron chi connectivity index (χ1n) is 6.30. The van der Waals surface area contributed by atoms with E-state index in [1.807, 2.05) is 50.2 Å². The van der Waals surface area contributed by atoms with Gasteiger partial charge in [0.25, 0.3) is 0 Å². The van der Waals surface area contributed by atoms with Crippen LogP contribution in [0.4, 0.5) is 0 Å². The van der Waals surface area contributed by atoms with Gasteiger partial charge in [-0.05, 0) is 31.5 Å². The number of ether oxygens (including phenoxy) is 2. The van der Waals surface area contributed by atoms with Crippen molar-refractivity contribution in [2.45, 2.75) is 13.8 Å². The quantitative estimate of drug-likeness (QED) is 0.784. The van der Waals surface area contributed by atoms with Crippen molar-refractivity contribution in [3.8, 4) is 22.6 Å². The zero-order valence-electron chi connectivity index (χ0n) is 10.8. The van der Waals surface area contributed by atoms with Crippen molar-refractivity contribution in [3.63, 3.8) is 0 Å². The fourth-order valence-electron chi connectivity index (χ4n) is 1.95. The third kappa shape index (κ3) is 2.65. The Bertz CT molecular complexity index is 467. The summed E-state index contributed by atoms with van der Waals surface area (Å²) >= 11 is 0. The molecular formula is C16H18O2. The molecule has 94 valence electrons. The van der Waals surface area contributed by atoms with Crippen LogP contribution in [0.2, 0.25) is 0 Å². The van der Waals surface area contributed by atoms with Gasteiger partial charge in [0.05, 0.1) is 18.8 Å². The third-order valence-electron chi connectivity index (χ3n) is 2.65. The first-order chi connectivity index (χ1) is 8.86. The van der Waals surface area contributed by atoms with Crippen LogP contribution in [0, 0.1) is 0 Å². The van der Waals surface area contributed by atoms with E-state index >= 15 is 0 Å². The molecule has 2 rings (SSSR count). The van der Waals surface area contributed by atoms with Crippen molar-refractivity contribution in [2.24, 2.45) is 0 Å². The van der Waals surface area contributed by atoms with Gasteiger partial charge in [0.2, 0.25) is 0 Å². The fourth-order valence-corrected chi connectivity index (χ4v) is 1.95. The van der Waals surface area contributed by atoms with Gasteiger partial charge in [0.15, 0.2) is 0 Å². The highest BCUT2D eigenvalue weighted by Crippen LogP contribution is 2.38. The minimum absolute atomic E-state index is 0.648. The summed E-state index contributed by atoms with van der Waals surface area (Å²) in [5.41, 5.74) is 2.15. The van der Waals surface area contributed by atoms with Gasteiger partial charge in [-0.2, -0.15) is 0 Å². The molecule has 2 aromatic rings. The summed E-state index contributed by atoms with van der Waals surface area (Å²) in [6.45, 7) is 5.27. The largest absolute Gasteiger partial charge is 0.493 e. The Morgan fingerprint density at radius 2 is 1.28 bits per heavy atom. The highest BCUT2D eigenvalue weighted by atomic mass is 16.5. The molecule has 0 bridgehead atoms. The van der Waals surface area contributed by atoms with Crippen molar-refractivity contribution >= 4 is 0 Å². The second-order valence-electron chi connectivity index (χ2n) is 3.86. The maximum Gasteiger partial charge on any atom is 0.130 e. The second kappa shape index (κ2) is 6.10. The van der Waals surface area contributed by atoms with Crippen LogP contribution >= 0.6 is 0 Å². The summed E-state index contributed by atoms with van der Waals surface area (Å²) in [5, 5.41) is 0. The molecule has 0 radical (unpaired) electrons. The first kappa shape index (κ1) is 12.5. The molecule has 0 fully saturated rings. The second-order valence-corrected chi connectivity index (χ2v) is 3.86. The van der Waals surface area contributed by atoms with E-state index in [0.29, 0.717) is 13.2 Å². The average Bonchev–Trinajstić information content (AvgIpc) is 2.41. The van der Waals surface area contributed by atoms with Gasteiger partial charge in [-0.1, -0.05) is 36.4 Å². The Morgan fingerprint density at radius 1 is 0.722 bits per heavy atom. The molecule has 2 heteroatoms. The predicted octanol–water partition coefficient (Wildman–Crippen LogP) is 4.15. The molecule has 0 saturated heterocycles. The van der Waals surface area contributed by atoms with Gasteiger partial charge in [0, 0.05) is 0 Å². The number of hydrogen-bond acceptors (Lipinski definition) is 2. The highest BCUT2D eigenvalue weighted by Gasteiger charge is 2.12. The molecule has 0 aliphatic heterocycles. The van der Waals surface area contributed by atoms with Crippen molar-refractivity contribution < 1.29 is 9.47 Å². The molecule has 0 unspecified atom stereocenters. The molecule has 0 atom stereocenters. The SMILES string of the molecule is CCOc1cccc(OCC)c1-c1ccccc1. The van der Waals surface area contributed by atoms with E-state index in [1.165, 1.54) is 0 Å². The molecule has 0 saturated carbocycles. The monoisotopic (exact) mass is 242 g/mol. The molecule has 0 N–H and O–H groups in total. The molecule has 2 aromatic carbocycles. The Balaban J connectivity index is 2.53. The molecular weight excluding hydrogens is 224 g/mol. The van der Waals surface area contributed by atoms with Crippen LogP contribution in [-0.2, 0) is 0 Å². The van der Waals surface area contributed by atoms with Crippen LogP contribution in [0.25, 0.3) is 11.1 Å². The number of rotatable bonds is 5. The normalized spacial score (nSPS) is 10.1. The van der Waals surface area contributed by atoms with Crippen molar-refractivity contribution in [2.75, 3.05) is 13.2 Å². The molecule has 0 spiro atoms. The van der Waals surface area contributed by atoms with Crippen LogP contribution in [0.5, 0.6) is 11.5 Å². The molecule has 0 aromatic heterocycles. The summed E-state index contributed by atoms with van der Waals surface area (Å²) in [6.07, 6.45) is 0. The van der Waals surface area contributed by atoms with Crippen LogP contribution in [0.3, 0.4) is 0 Å². The van der Waals surface area contributed by atoms with E-state index in [0.717, 1.165) is 22.6 Å². The molecule has 0 aliphatic rings. The van der Waals surface area contributed by atoms with Gasteiger partial charge >= 0.3 is 0 Å². The highest BCUT2D eigenvalue weighted by molar-refractivity contribution is 5.76. The number of hydrogen-bond donors (Lipinski definition) is 0. The Morgan fingerprint density at radius 3 is 1.78 bits per heavy atom. The summed E-state index contributed by atoms with van der Waals surface area (Å²) in [5.74, 6) is 1.74. The lowest BCUT2D eigenvalue weighted by Crippen LogP contribution is -1.98. The lowest BCUT2D eigenvalue weighted by Gasteiger charge is -2.15. The summed E-state index contributed by atoms with van der Waals surface area (Å²) in [4.78, 5) is 0. The van der Waals surface area contributed by atoms with Crippen molar-refractivity contribution in [1.82, 2.24) is 0 Å². The summed E-state index contributed by atoms with van der Waals surface area (Å²) in [7, 11) is 0. The zero-order chi connectivity index (χ0) is 12.8. The van der Waals surface area contributed by atoms with Gasteiger partial charge in [-0.15, -0.1) is 0 Å². The maximum atomic E-state index is 5.70. The van der Waals surface area contributed by atoms with Crippen LogP contribution in [-0.4, -0.2) is 13.2 Å². The summed E-state index contributed by atoms with van der Waals surface area (Å²) in [6, 6.07) is 16.1. The Labute approximate surface area is 108 Å². The van der Waals surface area contributed by atoms with Crippen LogP contribution < -0.4 is 9.47 Å². The Hall–Kier alpha value is -1.96. The molecule has 0 amide bonds. The van der Waals surface area contributed by atoms with E-state index in [1.54, 1.807) is 0 Å². The van der Waals surface area contributed by atoms with Crippen molar-refractivity contribution in [3.05, 3.63) is 48.5 Å². The van der Waals surface area contributed by atoms with Gasteiger partial charge in [-0.3, -0.25) is 0 Å². The first-order valence-corrected chi connectivity index (χ1v) is 6.30. The third-order valence-corrected chi connectivity index (χ3v) is 2.65. The van der Waals surface area contributed by atoms with Gasteiger partial charge in [-0.25, -0.2) is 0 Å². The van der Waals surface area contributed by atoms with E-state index < -0.39 is 0 Å². The maximum absolute atomic E-state index is 5.70. The van der Waals surface area contributed by atoms with Gasteiger partial charge < -0.3 is 9.47 Å². The van der Waals surface area contributed by atoms with Crippen molar-refractivity contribution in [1.29, 1.82) is 0 Å². The zero-order valence-corrected chi connectivity index (χ0v) is 10.8. The smallest absolute Gasteiger partial charge is 0.130 e. The molecule has 0 heterocycles. The number of benzene rings is 2. The summed E-state index contributed by atoms with van der Waals surface area (Å²) < 4.78 is 11.4. The Kier molecular flexibility index (Phi) is 4.24. The van der Waals surface area contributed by atoms with E-state index in [2.05, 4.69) is 12.1 Å². The topological polar surface area (TPSA) is 18.5 Å². The van der Waals surface area contributed by atoms with Crippen LogP contribution in [0.1, 0.15) is 13.8 Å². The van der Waals surface area contributed by atoms with Crippen LogP contribution in [0.15, 0.2) is 48.5 Å². The lowest BCUT2D eigenvalue weighted by atomic mass is 10.0. The van der Waals surface area contributed by atoms with E-state index in [4.69, 9.17) is 9.47 Å². The average molecular weight is 242 g/mol. The predicted molar refractivity (Wildman–Crippen MR) is 74.2 cm³/mol. The fraction of sp³-hybridized carbons (Fsp3) is 0.250. The van der Waals surface area contributed by atoms with E-state index in [9.17, 15) is 0 Å². The van der Waals surface area contributed by atoms with E-state index in [-0.39, 0.29) is 0 Å².